The summed E-state index contributed by atoms with van der Waals surface area (Å²) in [6.07, 6.45) is 19.7. The Morgan fingerprint density at radius 3 is 1.30 bits per heavy atom. The Labute approximate surface area is 472 Å². The minimum atomic E-state index is -1.98. The molecule has 79 heavy (non-hydrogen) atoms. The number of aliphatic hydroxyl groups excluding tert-OH is 11. The number of hydrogen-bond donors (Lipinski definition) is 12. The molecule has 462 valence electrons. The van der Waals surface area contributed by atoms with Gasteiger partial charge in [0.2, 0.25) is 5.91 Å². The summed E-state index contributed by atoms with van der Waals surface area (Å²) in [5.74, 6) is -0.290. The lowest BCUT2D eigenvalue weighted by Crippen LogP contribution is -2.66. The van der Waals surface area contributed by atoms with E-state index in [-0.39, 0.29) is 18.9 Å². The summed E-state index contributed by atoms with van der Waals surface area (Å²) in [7, 11) is 0. The van der Waals surface area contributed by atoms with Crippen molar-refractivity contribution in [2.75, 3.05) is 26.4 Å². The van der Waals surface area contributed by atoms with Gasteiger partial charge in [0.05, 0.1) is 38.6 Å². The van der Waals surface area contributed by atoms with E-state index in [1.54, 1.807) is 6.08 Å². The third-order valence-electron chi connectivity index (χ3n) is 15.4. The third-order valence-corrected chi connectivity index (χ3v) is 15.4. The van der Waals surface area contributed by atoms with Gasteiger partial charge in [-0.05, 0) is 51.4 Å². The van der Waals surface area contributed by atoms with E-state index < -0.39 is 124 Å². The Balaban J connectivity index is 1.51. The second-order valence-corrected chi connectivity index (χ2v) is 22.2. The maximum atomic E-state index is 13.3. The van der Waals surface area contributed by atoms with Crippen LogP contribution < -0.4 is 5.32 Å². The molecular weight excluding hydrogens is 1020 g/mol. The molecule has 1 amide bonds. The first-order chi connectivity index (χ1) is 38.3. The van der Waals surface area contributed by atoms with Crippen LogP contribution >= 0.6 is 0 Å². The van der Waals surface area contributed by atoms with Crippen molar-refractivity contribution in [2.45, 2.75) is 311 Å². The zero-order chi connectivity index (χ0) is 57.6. The van der Waals surface area contributed by atoms with Crippen LogP contribution in [0, 0.1) is 0 Å². The first-order valence-corrected chi connectivity index (χ1v) is 30.7. The average Bonchev–Trinajstić information content (AvgIpc) is 3.49. The van der Waals surface area contributed by atoms with Crippen LogP contribution in [-0.4, -0.2) is 193 Å². The normalized spacial score (nSPS) is 30.5. The van der Waals surface area contributed by atoms with Gasteiger partial charge in [-0.3, -0.25) is 4.79 Å². The van der Waals surface area contributed by atoms with Gasteiger partial charge >= 0.3 is 0 Å². The molecule has 0 aromatic rings. The fourth-order valence-electron chi connectivity index (χ4n) is 10.3. The maximum Gasteiger partial charge on any atom is 0.220 e. The first-order valence-electron chi connectivity index (χ1n) is 30.7. The highest BCUT2D eigenvalue weighted by Crippen LogP contribution is 2.33. The lowest BCUT2D eigenvalue weighted by Gasteiger charge is -2.48. The third kappa shape index (κ3) is 27.5. The Hall–Kier alpha value is -1.99. The molecule has 0 aromatic carbocycles. The molecule has 12 N–H and O–H groups in total. The number of hydrogen-bond acceptors (Lipinski definition) is 18. The highest BCUT2D eigenvalue weighted by atomic mass is 16.8. The lowest BCUT2D eigenvalue weighted by atomic mass is 9.96. The Morgan fingerprint density at radius 1 is 0.456 bits per heavy atom. The molecule has 0 aromatic heterocycles. The SMILES string of the molecule is CCCCCC/C=C\C/C=C\CCCCCCCC(=O)NC(COC1OC(CO)C(OC2OC(CO)C(OC3OC(CO)C(O)C(O)C3O)C(O)C2O)C(O)C1O)C(O)/C=C/CCCCCCCCCCCCCCCCCC. The fourth-order valence-corrected chi connectivity index (χ4v) is 10.3. The van der Waals surface area contributed by atoms with Crippen molar-refractivity contribution in [3.8, 4) is 0 Å². The van der Waals surface area contributed by atoms with E-state index in [1.165, 1.54) is 109 Å². The number of aliphatic hydroxyl groups is 11. The van der Waals surface area contributed by atoms with Crippen LogP contribution in [0.2, 0.25) is 0 Å². The summed E-state index contributed by atoms with van der Waals surface area (Å²) in [4.78, 5) is 13.3. The molecule has 17 unspecified atom stereocenters. The van der Waals surface area contributed by atoms with Gasteiger partial charge in [0.25, 0.3) is 0 Å². The summed E-state index contributed by atoms with van der Waals surface area (Å²) in [6, 6.07) is -0.979. The zero-order valence-electron chi connectivity index (χ0n) is 48.1. The van der Waals surface area contributed by atoms with Crippen LogP contribution in [0.4, 0.5) is 0 Å². The number of rotatable bonds is 45. The molecule has 17 atom stereocenters. The van der Waals surface area contributed by atoms with Crippen molar-refractivity contribution < 1.29 is 89.4 Å². The maximum absolute atomic E-state index is 13.3. The second kappa shape index (κ2) is 43.6. The van der Waals surface area contributed by atoms with Crippen LogP contribution in [0.3, 0.4) is 0 Å². The van der Waals surface area contributed by atoms with Crippen LogP contribution in [0.5, 0.6) is 0 Å². The number of unbranched alkanes of at least 4 members (excludes halogenated alkanes) is 25. The van der Waals surface area contributed by atoms with Crippen molar-refractivity contribution in [3.63, 3.8) is 0 Å². The minimum absolute atomic E-state index is 0.227. The zero-order valence-corrected chi connectivity index (χ0v) is 48.1. The molecule has 0 spiro atoms. The molecule has 3 fully saturated rings. The van der Waals surface area contributed by atoms with Crippen molar-refractivity contribution >= 4 is 5.91 Å². The summed E-state index contributed by atoms with van der Waals surface area (Å²) < 4.78 is 34.2. The molecule has 0 saturated carbocycles. The number of amides is 1. The molecule has 0 radical (unpaired) electrons. The topological polar surface area (TPSA) is 307 Å². The van der Waals surface area contributed by atoms with Crippen molar-refractivity contribution in [2.24, 2.45) is 0 Å². The highest BCUT2D eigenvalue weighted by molar-refractivity contribution is 5.76. The van der Waals surface area contributed by atoms with Gasteiger partial charge in [0, 0.05) is 6.42 Å². The molecule has 19 heteroatoms. The van der Waals surface area contributed by atoms with Gasteiger partial charge in [0.15, 0.2) is 18.9 Å². The molecule has 3 aliphatic heterocycles. The van der Waals surface area contributed by atoms with Gasteiger partial charge in [-0.1, -0.05) is 185 Å². The van der Waals surface area contributed by atoms with Crippen molar-refractivity contribution in [1.29, 1.82) is 0 Å². The Morgan fingerprint density at radius 2 is 0.835 bits per heavy atom. The summed E-state index contributed by atoms with van der Waals surface area (Å²) >= 11 is 0. The molecule has 3 rings (SSSR count). The second-order valence-electron chi connectivity index (χ2n) is 22.2. The predicted molar refractivity (Wildman–Crippen MR) is 300 cm³/mol. The average molecular weight is 1130 g/mol. The number of allylic oxidation sites excluding steroid dienone is 5. The summed E-state index contributed by atoms with van der Waals surface area (Å²) in [6.45, 7) is 1.69. The molecule has 0 aliphatic carbocycles. The van der Waals surface area contributed by atoms with E-state index in [0.29, 0.717) is 6.42 Å². The van der Waals surface area contributed by atoms with E-state index in [4.69, 9.17) is 28.4 Å². The fraction of sp³-hybridized carbons (Fsp3) is 0.883. The van der Waals surface area contributed by atoms with Gasteiger partial charge in [0.1, 0.15) is 73.2 Å². The quantitative estimate of drug-likeness (QED) is 0.0257. The molecule has 3 heterocycles. The molecular formula is C60H109NO18. The monoisotopic (exact) mass is 1130 g/mol. The highest BCUT2D eigenvalue weighted by Gasteiger charge is 2.53. The number of carbonyl (C=O) groups is 1. The van der Waals surface area contributed by atoms with E-state index in [9.17, 15) is 61.0 Å². The van der Waals surface area contributed by atoms with Gasteiger partial charge in [-0.15, -0.1) is 0 Å². The van der Waals surface area contributed by atoms with Crippen LogP contribution in [-0.2, 0) is 33.2 Å². The molecule has 3 aliphatic rings. The van der Waals surface area contributed by atoms with E-state index in [2.05, 4.69) is 43.5 Å². The summed E-state index contributed by atoms with van der Waals surface area (Å²) in [5, 5.41) is 120. The smallest absolute Gasteiger partial charge is 0.220 e. The van der Waals surface area contributed by atoms with Gasteiger partial charge in [-0.2, -0.15) is 0 Å². The lowest BCUT2D eigenvalue weighted by molar-refractivity contribution is -0.379. The van der Waals surface area contributed by atoms with Crippen LogP contribution in [0.25, 0.3) is 0 Å². The number of nitrogens with one attached hydrogen (secondary N) is 1. The van der Waals surface area contributed by atoms with E-state index in [1.807, 2.05) is 6.08 Å². The number of ether oxygens (including phenoxy) is 6. The molecule has 3 saturated heterocycles. The Kier molecular flexibility index (Phi) is 39.4. The van der Waals surface area contributed by atoms with Gasteiger partial charge < -0.3 is 89.9 Å². The van der Waals surface area contributed by atoms with Crippen LogP contribution in [0.1, 0.15) is 206 Å². The Bertz CT molecular complexity index is 1590. The predicted octanol–water partition coefficient (Wildman–Crippen LogP) is 5.71. The standard InChI is InChI=1S/C60H109NO18/c1-3-5-7-9-11-13-15-17-19-21-22-23-25-27-29-31-33-35-37-44(65)43(61-48(66)38-36-34-32-30-28-26-24-20-18-16-14-12-10-8-6-4-2)42-74-58-54(72)51(69)56(46(40-63)76-58)79-60-55(73)52(70)57(47(41-64)77-60)78-59-53(71)50(68)49(67)45(39-62)75-59/h14,16,20,24,35,37,43-47,49-60,62-65,67-73H,3-13,15,17-19,21-23,25-34,36,38-42H2,1-2H3,(H,61,66)/b16-14-,24-20-,37-35+. The van der Waals surface area contributed by atoms with Crippen molar-refractivity contribution in [3.05, 3.63) is 36.5 Å². The number of carbonyl (C=O) groups excluding carboxylic acids is 1. The first kappa shape index (κ1) is 71.3. The van der Waals surface area contributed by atoms with E-state index in [0.717, 1.165) is 70.6 Å². The minimum Gasteiger partial charge on any atom is -0.394 e. The largest absolute Gasteiger partial charge is 0.394 e. The molecule has 0 bridgehead atoms. The van der Waals surface area contributed by atoms with Crippen molar-refractivity contribution in [1.82, 2.24) is 5.32 Å². The van der Waals surface area contributed by atoms with Crippen LogP contribution in [0.15, 0.2) is 36.5 Å². The molecule has 19 nitrogen and oxygen atoms in total. The van der Waals surface area contributed by atoms with Gasteiger partial charge in [-0.25, -0.2) is 0 Å². The summed E-state index contributed by atoms with van der Waals surface area (Å²) in [5.41, 5.74) is 0. The van der Waals surface area contributed by atoms with E-state index >= 15 is 0 Å².